The molecule has 0 aliphatic rings. The third-order valence-corrected chi connectivity index (χ3v) is 5.60. The number of carbonyl (C=O) groups is 3. The molecule has 1 aromatic rings. The fourth-order valence-electron chi connectivity index (χ4n) is 3.07. The maximum atomic E-state index is 12.4. The van der Waals surface area contributed by atoms with Crippen molar-refractivity contribution in [3.8, 4) is 0 Å². The van der Waals surface area contributed by atoms with Gasteiger partial charge < -0.3 is 24.2 Å². The summed E-state index contributed by atoms with van der Waals surface area (Å²) < 4.78 is 16.4. The Balaban J connectivity index is 2.69. The highest BCUT2D eigenvalue weighted by molar-refractivity contribution is 5.89. The number of benzene rings is 1. The Labute approximate surface area is 197 Å². The molecule has 1 rings (SSSR count). The Morgan fingerprint density at radius 2 is 1.52 bits per heavy atom. The predicted molar refractivity (Wildman–Crippen MR) is 125 cm³/mol. The van der Waals surface area contributed by atoms with Gasteiger partial charge in [-0.1, -0.05) is 39.0 Å². The Morgan fingerprint density at radius 3 is 2.09 bits per heavy atom. The standard InChI is InChI=1S/C25H39NO7/c1-4-22(28)31-18-25(5-2,20-33-24(30)21-12-8-7-9-13-21)19-32-23(29)14-16-26(6-3)15-10-11-17-27/h7-9,12-13,27H,4-6,10-11,14-20H2,1-3H3. The highest BCUT2D eigenvalue weighted by Crippen LogP contribution is 2.25. The summed E-state index contributed by atoms with van der Waals surface area (Å²) in [6, 6.07) is 8.62. The highest BCUT2D eigenvalue weighted by atomic mass is 16.6. The summed E-state index contributed by atoms with van der Waals surface area (Å²) in [5.74, 6) is -1.21. The van der Waals surface area contributed by atoms with Crippen LogP contribution in [0.4, 0.5) is 0 Å². The molecule has 0 saturated carbocycles. The normalized spacial score (nSPS) is 12.8. The molecule has 1 N–H and O–H groups in total. The first-order valence-electron chi connectivity index (χ1n) is 11.8. The van der Waals surface area contributed by atoms with Crippen molar-refractivity contribution in [1.82, 2.24) is 4.90 Å². The minimum absolute atomic E-state index is 0.00618. The predicted octanol–water partition coefficient (Wildman–Crippen LogP) is 3.22. The van der Waals surface area contributed by atoms with Crippen molar-refractivity contribution < 1.29 is 33.7 Å². The lowest BCUT2D eigenvalue weighted by Gasteiger charge is -2.31. The molecule has 8 heteroatoms. The summed E-state index contributed by atoms with van der Waals surface area (Å²) in [7, 11) is 0. The summed E-state index contributed by atoms with van der Waals surface area (Å²) in [5, 5.41) is 8.92. The minimum atomic E-state index is -0.823. The third-order valence-electron chi connectivity index (χ3n) is 5.60. The molecule has 1 aromatic carbocycles. The number of hydrogen-bond donors (Lipinski definition) is 1. The Kier molecular flexibility index (Phi) is 14.0. The van der Waals surface area contributed by atoms with Gasteiger partial charge >= 0.3 is 17.9 Å². The lowest BCUT2D eigenvalue weighted by Crippen LogP contribution is -2.39. The topological polar surface area (TPSA) is 102 Å². The van der Waals surface area contributed by atoms with Crippen LogP contribution in [0.5, 0.6) is 0 Å². The number of aliphatic hydroxyl groups excluding tert-OH is 1. The van der Waals surface area contributed by atoms with E-state index in [1.54, 1.807) is 31.2 Å². The number of unbranched alkanes of at least 4 members (excludes halogenated alkanes) is 1. The second kappa shape index (κ2) is 16.2. The molecule has 0 saturated heterocycles. The van der Waals surface area contributed by atoms with Crippen LogP contribution in [0.1, 0.15) is 63.2 Å². The van der Waals surface area contributed by atoms with E-state index in [2.05, 4.69) is 4.90 Å². The summed E-state index contributed by atoms with van der Waals surface area (Å²) in [6.07, 6.45) is 2.55. The molecule has 0 aliphatic carbocycles. The van der Waals surface area contributed by atoms with Crippen LogP contribution in [0.25, 0.3) is 0 Å². The van der Waals surface area contributed by atoms with Crippen LogP contribution >= 0.6 is 0 Å². The average Bonchev–Trinajstić information content (AvgIpc) is 2.86. The van der Waals surface area contributed by atoms with Gasteiger partial charge in [0.05, 0.1) is 17.4 Å². The van der Waals surface area contributed by atoms with Gasteiger partial charge in [-0.15, -0.1) is 0 Å². The molecule has 0 radical (unpaired) electrons. The van der Waals surface area contributed by atoms with Crippen molar-refractivity contribution in [2.75, 3.05) is 46.1 Å². The lowest BCUT2D eigenvalue weighted by molar-refractivity contribution is -0.156. The molecule has 186 valence electrons. The molecular formula is C25H39NO7. The van der Waals surface area contributed by atoms with Gasteiger partial charge in [0, 0.05) is 19.6 Å². The molecular weight excluding hydrogens is 426 g/mol. The van der Waals surface area contributed by atoms with E-state index in [-0.39, 0.29) is 51.2 Å². The molecule has 0 aromatic heterocycles. The summed E-state index contributed by atoms with van der Waals surface area (Å²) in [4.78, 5) is 38.7. The van der Waals surface area contributed by atoms with Crippen LogP contribution in [0, 0.1) is 5.41 Å². The number of carbonyl (C=O) groups excluding carboxylic acids is 3. The molecule has 0 amide bonds. The fourth-order valence-corrected chi connectivity index (χ4v) is 3.07. The summed E-state index contributed by atoms with van der Waals surface area (Å²) in [6.45, 7) is 7.88. The SMILES string of the molecule is CCC(=O)OCC(CC)(COC(=O)CCN(CC)CCCCO)COC(=O)c1ccccc1. The van der Waals surface area contributed by atoms with E-state index >= 15 is 0 Å². The van der Waals surface area contributed by atoms with Gasteiger partial charge in [-0.2, -0.15) is 0 Å². The van der Waals surface area contributed by atoms with E-state index in [1.165, 1.54) is 0 Å². The van der Waals surface area contributed by atoms with E-state index in [0.29, 0.717) is 18.5 Å². The molecule has 0 bridgehead atoms. The van der Waals surface area contributed by atoms with Crippen LogP contribution in [-0.2, 0) is 23.8 Å². The van der Waals surface area contributed by atoms with E-state index < -0.39 is 11.4 Å². The van der Waals surface area contributed by atoms with Crippen LogP contribution in [0.15, 0.2) is 30.3 Å². The minimum Gasteiger partial charge on any atom is -0.465 e. The van der Waals surface area contributed by atoms with Crippen LogP contribution in [-0.4, -0.2) is 74.0 Å². The van der Waals surface area contributed by atoms with E-state index in [4.69, 9.17) is 19.3 Å². The highest BCUT2D eigenvalue weighted by Gasteiger charge is 2.34. The molecule has 33 heavy (non-hydrogen) atoms. The summed E-state index contributed by atoms with van der Waals surface area (Å²) in [5.41, 5.74) is -0.401. The van der Waals surface area contributed by atoms with Crippen LogP contribution < -0.4 is 0 Å². The van der Waals surface area contributed by atoms with E-state index in [9.17, 15) is 14.4 Å². The van der Waals surface area contributed by atoms with Crippen molar-refractivity contribution in [2.24, 2.45) is 5.41 Å². The molecule has 1 atom stereocenters. The molecule has 8 nitrogen and oxygen atoms in total. The molecule has 0 heterocycles. The van der Waals surface area contributed by atoms with Crippen molar-refractivity contribution in [1.29, 1.82) is 0 Å². The first kappa shape index (κ1) is 28.6. The number of aliphatic hydroxyl groups is 1. The zero-order valence-corrected chi connectivity index (χ0v) is 20.2. The number of nitrogens with zero attached hydrogens (tertiary/aromatic N) is 1. The molecule has 1 unspecified atom stereocenters. The van der Waals surface area contributed by atoms with E-state index in [1.807, 2.05) is 19.9 Å². The number of rotatable bonds is 17. The zero-order valence-electron chi connectivity index (χ0n) is 20.2. The van der Waals surface area contributed by atoms with Gasteiger partial charge in [-0.3, -0.25) is 9.59 Å². The Bertz CT molecular complexity index is 710. The average molecular weight is 466 g/mol. The number of ether oxygens (including phenoxy) is 3. The fraction of sp³-hybridized carbons (Fsp3) is 0.640. The zero-order chi connectivity index (χ0) is 24.5. The van der Waals surface area contributed by atoms with Crippen molar-refractivity contribution >= 4 is 17.9 Å². The molecule has 0 aliphatic heterocycles. The maximum absolute atomic E-state index is 12.4. The first-order valence-corrected chi connectivity index (χ1v) is 11.8. The van der Waals surface area contributed by atoms with Crippen molar-refractivity contribution in [3.05, 3.63) is 35.9 Å². The van der Waals surface area contributed by atoms with Crippen LogP contribution in [0.2, 0.25) is 0 Å². The number of hydrogen-bond acceptors (Lipinski definition) is 8. The van der Waals surface area contributed by atoms with Crippen molar-refractivity contribution in [3.63, 3.8) is 0 Å². The second-order valence-electron chi connectivity index (χ2n) is 8.09. The first-order chi connectivity index (χ1) is 15.9. The summed E-state index contributed by atoms with van der Waals surface area (Å²) >= 11 is 0. The third kappa shape index (κ3) is 11.3. The maximum Gasteiger partial charge on any atom is 0.338 e. The van der Waals surface area contributed by atoms with Gasteiger partial charge in [0.1, 0.15) is 19.8 Å². The van der Waals surface area contributed by atoms with Gasteiger partial charge in [-0.25, -0.2) is 4.79 Å². The van der Waals surface area contributed by atoms with Gasteiger partial charge in [0.2, 0.25) is 0 Å². The largest absolute Gasteiger partial charge is 0.465 e. The van der Waals surface area contributed by atoms with Gasteiger partial charge in [0.25, 0.3) is 0 Å². The Hall–Kier alpha value is -2.45. The van der Waals surface area contributed by atoms with Crippen LogP contribution in [0.3, 0.4) is 0 Å². The quantitative estimate of drug-likeness (QED) is 0.213. The Morgan fingerprint density at radius 1 is 0.879 bits per heavy atom. The van der Waals surface area contributed by atoms with Crippen molar-refractivity contribution in [2.45, 2.75) is 52.9 Å². The van der Waals surface area contributed by atoms with E-state index in [0.717, 1.165) is 25.9 Å². The molecule has 0 spiro atoms. The molecule has 0 fully saturated rings. The lowest BCUT2D eigenvalue weighted by atomic mass is 9.88. The monoisotopic (exact) mass is 465 g/mol. The second-order valence-corrected chi connectivity index (χ2v) is 8.09. The number of esters is 3. The van der Waals surface area contributed by atoms with Gasteiger partial charge in [0.15, 0.2) is 0 Å². The smallest absolute Gasteiger partial charge is 0.338 e. The van der Waals surface area contributed by atoms with Gasteiger partial charge in [-0.05, 0) is 44.5 Å².